The molecule has 49 heavy (non-hydrogen) atoms. The number of hydrogen-bond acceptors (Lipinski definition) is 3. The highest BCUT2D eigenvalue weighted by Crippen LogP contribution is 2.36. The van der Waals surface area contributed by atoms with Crippen LogP contribution in [0.15, 0.2) is 192 Å². The van der Waals surface area contributed by atoms with Crippen LogP contribution in [0.3, 0.4) is 0 Å². The van der Waals surface area contributed by atoms with Gasteiger partial charge in [0.05, 0.1) is 11.0 Å². The van der Waals surface area contributed by atoms with Crippen molar-refractivity contribution in [3.63, 3.8) is 0 Å². The number of benzene rings is 7. The van der Waals surface area contributed by atoms with Gasteiger partial charge < -0.3 is 9.88 Å². The fourth-order valence-corrected chi connectivity index (χ4v) is 6.85. The van der Waals surface area contributed by atoms with E-state index in [2.05, 4.69) is 155 Å². The number of para-hydroxylation sites is 1. The van der Waals surface area contributed by atoms with Gasteiger partial charge in [0.15, 0.2) is 5.84 Å². The first-order valence-corrected chi connectivity index (χ1v) is 16.6. The van der Waals surface area contributed by atoms with Crippen molar-refractivity contribution in [2.45, 2.75) is 6.17 Å². The molecule has 232 valence electrons. The average Bonchev–Trinajstić information content (AvgIpc) is 3.52. The Morgan fingerprint density at radius 3 is 1.80 bits per heavy atom. The van der Waals surface area contributed by atoms with Crippen molar-refractivity contribution >= 4 is 33.5 Å². The molecule has 7 aromatic carbocycles. The van der Waals surface area contributed by atoms with Crippen molar-refractivity contribution in [1.29, 1.82) is 0 Å². The molecular formula is C45H32N4. The van der Waals surface area contributed by atoms with E-state index in [1.54, 1.807) is 0 Å². The van der Waals surface area contributed by atoms with Crippen LogP contribution < -0.4 is 5.32 Å². The maximum Gasteiger partial charge on any atom is 0.159 e. The Morgan fingerprint density at radius 1 is 0.429 bits per heavy atom. The van der Waals surface area contributed by atoms with Crippen LogP contribution >= 0.6 is 0 Å². The van der Waals surface area contributed by atoms with Crippen molar-refractivity contribution in [1.82, 2.24) is 9.88 Å². The van der Waals surface area contributed by atoms with E-state index in [0.717, 1.165) is 45.2 Å². The zero-order chi connectivity index (χ0) is 32.6. The molecule has 1 unspecified atom stereocenters. The lowest BCUT2D eigenvalue weighted by Crippen LogP contribution is -2.33. The molecule has 1 N–H and O–H groups in total. The zero-order valence-corrected chi connectivity index (χ0v) is 26.7. The van der Waals surface area contributed by atoms with Gasteiger partial charge in [-0.15, -0.1) is 0 Å². The molecule has 2 heterocycles. The lowest BCUT2D eigenvalue weighted by Gasteiger charge is -2.24. The molecule has 8 aromatic rings. The molecule has 9 rings (SSSR count). The minimum absolute atomic E-state index is 0.290. The average molecular weight is 629 g/mol. The number of amidine groups is 2. The van der Waals surface area contributed by atoms with Crippen LogP contribution in [-0.2, 0) is 0 Å². The van der Waals surface area contributed by atoms with E-state index in [-0.39, 0.29) is 6.17 Å². The largest absolute Gasteiger partial charge is 0.344 e. The third kappa shape index (κ3) is 5.39. The Balaban J connectivity index is 1.11. The molecule has 0 saturated carbocycles. The van der Waals surface area contributed by atoms with Gasteiger partial charge in [-0.2, -0.15) is 0 Å². The summed E-state index contributed by atoms with van der Waals surface area (Å²) >= 11 is 0. The summed E-state index contributed by atoms with van der Waals surface area (Å²) in [4.78, 5) is 10.0. The van der Waals surface area contributed by atoms with Gasteiger partial charge in [0.2, 0.25) is 0 Å². The first-order valence-electron chi connectivity index (χ1n) is 16.6. The Kier molecular flexibility index (Phi) is 7.17. The molecule has 4 nitrogen and oxygen atoms in total. The standard InChI is InChI=1S/C45H32N4/c1-4-14-31(15-5-1)36-26-27-42-40(30-36)39-24-10-11-25-41(39)49(42)38-23-13-21-35(29-38)34-20-12-22-37(28-34)45-47-43(32-16-6-2-7-17-32)46-44(48-45)33-18-8-3-9-19-33/h1-30,45H,(H,46,47,48). The van der Waals surface area contributed by atoms with Gasteiger partial charge in [0, 0.05) is 27.6 Å². The van der Waals surface area contributed by atoms with Crippen LogP contribution in [0.5, 0.6) is 0 Å². The normalized spacial score (nSPS) is 14.3. The van der Waals surface area contributed by atoms with E-state index in [9.17, 15) is 0 Å². The summed E-state index contributed by atoms with van der Waals surface area (Å²) in [6.45, 7) is 0. The van der Waals surface area contributed by atoms with Crippen LogP contribution in [0.4, 0.5) is 0 Å². The summed E-state index contributed by atoms with van der Waals surface area (Å²) in [6.07, 6.45) is -0.290. The van der Waals surface area contributed by atoms with Gasteiger partial charge in [-0.1, -0.05) is 146 Å². The fourth-order valence-electron chi connectivity index (χ4n) is 6.85. The SMILES string of the molecule is c1ccc(C2=NC(c3cccc(-c4cccc(-n5c6ccccc6c6cc(-c7ccccc7)ccc65)c4)c3)NC(c3ccccc3)=N2)cc1. The first-order chi connectivity index (χ1) is 24.3. The van der Waals surface area contributed by atoms with E-state index in [4.69, 9.17) is 9.98 Å². The zero-order valence-electron chi connectivity index (χ0n) is 26.7. The molecular weight excluding hydrogens is 597 g/mol. The number of aliphatic imine (C=N–C) groups is 2. The molecule has 0 aliphatic carbocycles. The highest BCUT2D eigenvalue weighted by atomic mass is 15.2. The summed E-state index contributed by atoms with van der Waals surface area (Å²) < 4.78 is 2.38. The highest BCUT2D eigenvalue weighted by Gasteiger charge is 2.21. The highest BCUT2D eigenvalue weighted by molar-refractivity contribution is 6.13. The third-order valence-corrected chi connectivity index (χ3v) is 9.24. The van der Waals surface area contributed by atoms with Crippen LogP contribution in [0.25, 0.3) is 49.7 Å². The summed E-state index contributed by atoms with van der Waals surface area (Å²) in [7, 11) is 0. The molecule has 0 fully saturated rings. The van der Waals surface area contributed by atoms with Crippen molar-refractivity contribution in [2.24, 2.45) is 9.98 Å². The van der Waals surface area contributed by atoms with E-state index in [0.29, 0.717) is 0 Å². The molecule has 0 amide bonds. The molecule has 0 radical (unpaired) electrons. The lowest BCUT2D eigenvalue weighted by molar-refractivity contribution is 0.674. The minimum atomic E-state index is -0.290. The summed E-state index contributed by atoms with van der Waals surface area (Å²) in [5.41, 5.74) is 11.3. The van der Waals surface area contributed by atoms with Crippen LogP contribution in [-0.4, -0.2) is 16.2 Å². The number of aromatic nitrogens is 1. The Hall–Kier alpha value is -6.52. The van der Waals surface area contributed by atoms with Crippen molar-refractivity contribution in [2.75, 3.05) is 0 Å². The van der Waals surface area contributed by atoms with Gasteiger partial charge >= 0.3 is 0 Å². The predicted octanol–water partition coefficient (Wildman–Crippen LogP) is 10.6. The molecule has 0 saturated heterocycles. The lowest BCUT2D eigenvalue weighted by atomic mass is 10.0. The number of nitrogens with one attached hydrogen (secondary N) is 1. The molecule has 0 bridgehead atoms. The second-order valence-electron chi connectivity index (χ2n) is 12.3. The predicted molar refractivity (Wildman–Crippen MR) is 203 cm³/mol. The van der Waals surface area contributed by atoms with E-state index < -0.39 is 0 Å². The van der Waals surface area contributed by atoms with Gasteiger partial charge in [-0.05, 0) is 64.2 Å². The van der Waals surface area contributed by atoms with Gasteiger partial charge in [-0.25, -0.2) is 9.98 Å². The van der Waals surface area contributed by atoms with Crippen LogP contribution in [0, 0.1) is 0 Å². The summed E-state index contributed by atoms with van der Waals surface area (Å²) in [6, 6.07) is 64.1. The Bertz CT molecular complexity index is 2510. The minimum Gasteiger partial charge on any atom is -0.344 e. The first kappa shape index (κ1) is 28.7. The van der Waals surface area contributed by atoms with Crippen molar-refractivity contribution in [3.8, 4) is 27.9 Å². The number of nitrogens with zero attached hydrogens (tertiary/aromatic N) is 3. The van der Waals surface area contributed by atoms with Gasteiger partial charge in [0.1, 0.15) is 12.0 Å². The van der Waals surface area contributed by atoms with Gasteiger partial charge in [-0.3, -0.25) is 0 Å². The van der Waals surface area contributed by atoms with Gasteiger partial charge in [0.25, 0.3) is 0 Å². The maximum atomic E-state index is 5.10. The Labute approximate surface area is 285 Å². The van der Waals surface area contributed by atoms with Crippen LogP contribution in [0.1, 0.15) is 22.9 Å². The van der Waals surface area contributed by atoms with E-state index in [1.165, 1.54) is 32.9 Å². The Morgan fingerprint density at radius 2 is 1.02 bits per heavy atom. The van der Waals surface area contributed by atoms with E-state index >= 15 is 0 Å². The summed E-state index contributed by atoms with van der Waals surface area (Å²) in [5.74, 6) is 1.53. The summed E-state index contributed by atoms with van der Waals surface area (Å²) in [5, 5.41) is 6.10. The molecule has 1 aliphatic heterocycles. The van der Waals surface area contributed by atoms with Crippen molar-refractivity contribution < 1.29 is 0 Å². The second kappa shape index (κ2) is 12.3. The second-order valence-corrected chi connectivity index (χ2v) is 12.3. The molecule has 0 spiro atoms. The molecule has 4 heteroatoms. The number of fused-ring (bicyclic) bond motifs is 3. The number of rotatable bonds is 6. The molecule has 1 aliphatic rings. The van der Waals surface area contributed by atoms with E-state index in [1.807, 2.05) is 36.4 Å². The number of hydrogen-bond donors (Lipinski definition) is 1. The fraction of sp³-hybridized carbons (Fsp3) is 0.0222. The quantitative estimate of drug-likeness (QED) is 0.196. The third-order valence-electron chi connectivity index (χ3n) is 9.24. The molecule has 1 atom stereocenters. The smallest absolute Gasteiger partial charge is 0.159 e. The topological polar surface area (TPSA) is 41.7 Å². The van der Waals surface area contributed by atoms with Crippen molar-refractivity contribution in [3.05, 3.63) is 199 Å². The monoisotopic (exact) mass is 628 g/mol. The van der Waals surface area contributed by atoms with Crippen LogP contribution in [0.2, 0.25) is 0 Å². The maximum absolute atomic E-state index is 5.10. The molecule has 1 aromatic heterocycles.